The number of nitro benzene ring substituents is 1. The van der Waals surface area contributed by atoms with Crippen molar-refractivity contribution in [3.63, 3.8) is 0 Å². The van der Waals surface area contributed by atoms with Gasteiger partial charge in [-0.25, -0.2) is 8.78 Å². The fraction of sp³-hybridized carbons (Fsp3) is 0.273. The summed E-state index contributed by atoms with van der Waals surface area (Å²) in [5.74, 6) is -2.86. The van der Waals surface area contributed by atoms with Gasteiger partial charge >= 0.3 is 0 Å². The summed E-state index contributed by atoms with van der Waals surface area (Å²) in [4.78, 5) is 10.4. The topological polar surface area (TPSA) is 48.1 Å². The van der Waals surface area contributed by atoms with Crippen molar-refractivity contribution >= 4 is 39.2 Å². The first-order valence-electron chi connectivity index (χ1n) is 5.09. The van der Waals surface area contributed by atoms with Crippen LogP contribution in [0.5, 0.6) is 0 Å². The molecule has 0 saturated carbocycles. The first-order chi connectivity index (χ1) is 8.29. The van der Waals surface area contributed by atoms with E-state index in [0.717, 1.165) is 6.92 Å². The fourth-order valence-electron chi connectivity index (χ4n) is 1.83. The SMILES string of the molecule is CC(F)(F)Cn1c(I)cc2c([N+](=O)[O-])cccc21. The first-order valence-corrected chi connectivity index (χ1v) is 6.17. The van der Waals surface area contributed by atoms with Crippen molar-refractivity contribution < 1.29 is 13.7 Å². The summed E-state index contributed by atoms with van der Waals surface area (Å²) in [6.45, 7) is 0.336. The first kappa shape index (κ1) is 13.2. The van der Waals surface area contributed by atoms with Gasteiger partial charge in [0.1, 0.15) is 0 Å². The molecule has 0 N–H and O–H groups in total. The van der Waals surface area contributed by atoms with Crippen LogP contribution in [0, 0.1) is 13.8 Å². The van der Waals surface area contributed by atoms with Gasteiger partial charge in [-0.15, -0.1) is 0 Å². The van der Waals surface area contributed by atoms with Gasteiger partial charge in [0.15, 0.2) is 0 Å². The summed E-state index contributed by atoms with van der Waals surface area (Å²) >= 11 is 1.90. The molecule has 96 valence electrons. The molecule has 0 bridgehead atoms. The number of halogens is 3. The van der Waals surface area contributed by atoms with E-state index in [4.69, 9.17) is 0 Å². The van der Waals surface area contributed by atoms with Crippen LogP contribution in [0.15, 0.2) is 24.3 Å². The minimum Gasteiger partial charge on any atom is -0.330 e. The Labute approximate surface area is 115 Å². The van der Waals surface area contributed by atoms with Gasteiger partial charge in [0, 0.05) is 13.0 Å². The lowest BCUT2D eigenvalue weighted by molar-refractivity contribution is -0.383. The summed E-state index contributed by atoms with van der Waals surface area (Å²) < 4.78 is 28.1. The zero-order valence-electron chi connectivity index (χ0n) is 9.36. The molecule has 2 rings (SSSR count). The van der Waals surface area contributed by atoms with E-state index in [1.165, 1.54) is 16.7 Å². The molecular formula is C11H9F2IN2O2. The van der Waals surface area contributed by atoms with E-state index in [-0.39, 0.29) is 5.69 Å². The van der Waals surface area contributed by atoms with E-state index in [2.05, 4.69) is 0 Å². The van der Waals surface area contributed by atoms with Crippen molar-refractivity contribution in [2.75, 3.05) is 0 Å². The molecule has 4 nitrogen and oxygen atoms in total. The highest BCUT2D eigenvalue weighted by Crippen LogP contribution is 2.31. The number of hydrogen-bond acceptors (Lipinski definition) is 2. The van der Waals surface area contributed by atoms with Crippen LogP contribution in [0.3, 0.4) is 0 Å². The number of alkyl halides is 2. The van der Waals surface area contributed by atoms with Gasteiger partial charge in [-0.05, 0) is 34.7 Å². The van der Waals surface area contributed by atoms with E-state index in [9.17, 15) is 18.9 Å². The van der Waals surface area contributed by atoms with Crippen molar-refractivity contribution in [1.82, 2.24) is 4.57 Å². The standard InChI is InChI=1S/C11H9F2IN2O2/c1-11(12,13)6-15-8-3-2-4-9(16(17)18)7(8)5-10(15)14/h2-5H,6H2,1H3. The second-order valence-corrected chi connectivity index (χ2v) is 5.20. The van der Waals surface area contributed by atoms with E-state index >= 15 is 0 Å². The average molecular weight is 366 g/mol. The predicted octanol–water partition coefficient (Wildman–Crippen LogP) is 3.81. The molecule has 0 atom stereocenters. The Morgan fingerprint density at radius 2 is 2.17 bits per heavy atom. The predicted molar refractivity (Wildman–Crippen MR) is 71.9 cm³/mol. The van der Waals surface area contributed by atoms with Crippen molar-refractivity contribution in [2.45, 2.75) is 19.4 Å². The normalized spacial score (nSPS) is 12.0. The third kappa shape index (κ3) is 2.45. The number of hydrogen-bond donors (Lipinski definition) is 0. The molecule has 0 spiro atoms. The third-order valence-corrected chi connectivity index (χ3v) is 3.40. The molecule has 0 radical (unpaired) electrons. The van der Waals surface area contributed by atoms with Crippen molar-refractivity contribution in [1.29, 1.82) is 0 Å². The molecule has 0 aliphatic heterocycles. The Morgan fingerprint density at radius 3 is 2.72 bits per heavy atom. The molecule has 0 unspecified atom stereocenters. The van der Waals surface area contributed by atoms with Crippen molar-refractivity contribution in [3.05, 3.63) is 38.1 Å². The highest BCUT2D eigenvalue weighted by atomic mass is 127. The van der Waals surface area contributed by atoms with Gasteiger partial charge < -0.3 is 4.57 Å². The summed E-state index contributed by atoms with van der Waals surface area (Å²) in [6.07, 6.45) is 0. The second kappa shape index (κ2) is 4.45. The number of non-ortho nitro benzene ring substituents is 1. The van der Waals surface area contributed by atoms with Crippen LogP contribution in [-0.4, -0.2) is 15.4 Å². The van der Waals surface area contributed by atoms with Crippen molar-refractivity contribution in [2.24, 2.45) is 0 Å². The molecule has 0 aliphatic rings. The van der Waals surface area contributed by atoms with E-state index in [0.29, 0.717) is 14.6 Å². The third-order valence-electron chi connectivity index (χ3n) is 2.50. The maximum absolute atomic E-state index is 13.1. The Hall–Kier alpha value is -1.25. The highest BCUT2D eigenvalue weighted by molar-refractivity contribution is 14.1. The molecule has 2 aromatic rings. The lowest BCUT2D eigenvalue weighted by atomic mass is 10.2. The van der Waals surface area contributed by atoms with Gasteiger partial charge in [-0.1, -0.05) is 6.07 Å². The molecule has 0 aliphatic carbocycles. The van der Waals surface area contributed by atoms with E-state index in [1.54, 1.807) is 12.1 Å². The molecule has 0 saturated heterocycles. The minimum atomic E-state index is -2.86. The summed E-state index contributed by atoms with van der Waals surface area (Å²) in [7, 11) is 0. The Balaban J connectivity index is 2.66. The summed E-state index contributed by atoms with van der Waals surface area (Å²) in [5, 5.41) is 11.3. The Kier molecular flexibility index (Phi) is 3.26. The molecule has 0 amide bonds. The quantitative estimate of drug-likeness (QED) is 0.471. The van der Waals surface area contributed by atoms with Crippen LogP contribution < -0.4 is 0 Å². The molecule has 1 heterocycles. The maximum atomic E-state index is 13.1. The zero-order chi connectivity index (χ0) is 13.5. The van der Waals surface area contributed by atoms with Gasteiger partial charge in [0.2, 0.25) is 0 Å². The van der Waals surface area contributed by atoms with Crippen molar-refractivity contribution in [3.8, 4) is 0 Å². The number of fused-ring (bicyclic) bond motifs is 1. The Bertz CT molecular complexity index is 619. The molecular weight excluding hydrogens is 357 g/mol. The van der Waals surface area contributed by atoms with Crippen LogP contribution in [0.25, 0.3) is 10.9 Å². The van der Waals surface area contributed by atoms with Gasteiger partial charge in [0.05, 0.1) is 26.1 Å². The largest absolute Gasteiger partial charge is 0.330 e. The fourth-order valence-corrected chi connectivity index (χ4v) is 2.58. The molecule has 0 fully saturated rings. The number of nitro groups is 1. The molecule has 7 heteroatoms. The maximum Gasteiger partial charge on any atom is 0.278 e. The van der Waals surface area contributed by atoms with Crippen LogP contribution >= 0.6 is 22.6 Å². The van der Waals surface area contributed by atoms with Crippen LogP contribution in [0.1, 0.15) is 6.92 Å². The van der Waals surface area contributed by atoms with Crippen LogP contribution in [-0.2, 0) is 6.54 Å². The van der Waals surface area contributed by atoms with Gasteiger partial charge in [-0.2, -0.15) is 0 Å². The zero-order valence-corrected chi connectivity index (χ0v) is 11.5. The van der Waals surface area contributed by atoms with Gasteiger partial charge in [-0.3, -0.25) is 10.1 Å². The average Bonchev–Trinajstić information content (AvgIpc) is 2.53. The number of rotatable bonds is 3. The van der Waals surface area contributed by atoms with E-state index in [1.807, 2.05) is 22.6 Å². The number of aromatic nitrogens is 1. The van der Waals surface area contributed by atoms with Crippen LogP contribution in [0.2, 0.25) is 0 Å². The highest BCUT2D eigenvalue weighted by Gasteiger charge is 2.25. The van der Waals surface area contributed by atoms with E-state index < -0.39 is 17.4 Å². The monoisotopic (exact) mass is 366 g/mol. The molecule has 18 heavy (non-hydrogen) atoms. The Morgan fingerprint density at radius 1 is 1.50 bits per heavy atom. The smallest absolute Gasteiger partial charge is 0.278 e. The second-order valence-electron chi connectivity index (χ2n) is 4.09. The molecule has 1 aromatic heterocycles. The number of nitrogens with zero attached hydrogens (tertiary/aromatic N) is 2. The van der Waals surface area contributed by atoms with Gasteiger partial charge in [0.25, 0.3) is 11.6 Å². The summed E-state index contributed by atoms with van der Waals surface area (Å²) in [6, 6.07) is 6.03. The lowest BCUT2D eigenvalue weighted by Gasteiger charge is -2.13. The lowest BCUT2D eigenvalue weighted by Crippen LogP contribution is -2.19. The number of benzene rings is 1. The van der Waals surface area contributed by atoms with Crippen LogP contribution in [0.4, 0.5) is 14.5 Å². The molecule has 1 aromatic carbocycles. The minimum absolute atomic E-state index is 0.0661. The summed E-state index contributed by atoms with van der Waals surface area (Å²) in [5.41, 5.74) is 0.388.